The second-order valence-electron chi connectivity index (χ2n) is 10.2. The zero-order valence-electron chi connectivity index (χ0n) is 19.6. The summed E-state index contributed by atoms with van der Waals surface area (Å²) in [6.45, 7) is 6.07. The van der Waals surface area contributed by atoms with E-state index in [0.29, 0.717) is 5.57 Å². The molecule has 5 unspecified atom stereocenters. The van der Waals surface area contributed by atoms with E-state index >= 15 is 0 Å². The first kappa shape index (κ1) is 23.2. The first-order valence-corrected chi connectivity index (χ1v) is 12.5. The molecule has 0 saturated carbocycles. The third-order valence-corrected chi connectivity index (χ3v) is 8.06. The molecular formula is C26H36O6. The Labute approximate surface area is 190 Å². The maximum absolute atomic E-state index is 13.0. The maximum Gasteiger partial charge on any atom is 0.343 e. The van der Waals surface area contributed by atoms with Crippen LogP contribution in [0.1, 0.15) is 91.4 Å². The fraction of sp³-hybridized carbons (Fsp3) is 0.731. The summed E-state index contributed by atoms with van der Waals surface area (Å²) in [5.41, 5.74) is -0.104. The van der Waals surface area contributed by atoms with Gasteiger partial charge in [0, 0.05) is 5.57 Å². The number of rotatable bonds is 10. The number of ether oxygens (including phenoxy) is 2. The van der Waals surface area contributed by atoms with Gasteiger partial charge in [0.2, 0.25) is 5.79 Å². The van der Waals surface area contributed by atoms with Crippen LogP contribution < -0.4 is 0 Å². The molecule has 4 aliphatic rings. The van der Waals surface area contributed by atoms with Crippen molar-refractivity contribution in [1.82, 2.24) is 0 Å². The Morgan fingerprint density at radius 1 is 0.969 bits per heavy atom. The van der Waals surface area contributed by atoms with E-state index in [-0.39, 0.29) is 29.4 Å². The van der Waals surface area contributed by atoms with Gasteiger partial charge in [0.05, 0.1) is 22.5 Å². The molecule has 2 heterocycles. The number of unbranched alkanes of at least 4 members (excludes halogenated alkanes) is 6. The Kier molecular flexibility index (Phi) is 6.36. The summed E-state index contributed by atoms with van der Waals surface area (Å²) in [5.74, 6) is -4.46. The molecule has 2 aliphatic heterocycles. The van der Waals surface area contributed by atoms with E-state index in [0.717, 1.165) is 57.8 Å². The fourth-order valence-corrected chi connectivity index (χ4v) is 6.36. The SMILES string of the molecule is CCCCCCC1C=C2C3(C)CC4=C(C(=O)OC4=O)C(C1CCCCCC)C2(O)OC3=O. The van der Waals surface area contributed by atoms with Crippen molar-refractivity contribution in [3.8, 4) is 0 Å². The van der Waals surface area contributed by atoms with Gasteiger partial charge in [-0.05, 0) is 38.0 Å². The predicted octanol–water partition coefficient (Wildman–Crippen LogP) is 4.75. The van der Waals surface area contributed by atoms with Gasteiger partial charge in [0.15, 0.2) is 0 Å². The molecule has 0 aromatic carbocycles. The Hall–Kier alpha value is -1.95. The normalized spacial score (nSPS) is 35.4. The smallest absolute Gasteiger partial charge is 0.343 e. The molecule has 0 aromatic rings. The van der Waals surface area contributed by atoms with Crippen molar-refractivity contribution in [1.29, 1.82) is 0 Å². The van der Waals surface area contributed by atoms with Crippen molar-refractivity contribution >= 4 is 17.9 Å². The van der Waals surface area contributed by atoms with E-state index in [1.807, 2.05) is 0 Å². The van der Waals surface area contributed by atoms with Gasteiger partial charge in [0.1, 0.15) is 0 Å². The summed E-state index contributed by atoms with van der Waals surface area (Å²) >= 11 is 0. The summed E-state index contributed by atoms with van der Waals surface area (Å²) in [6.07, 6.45) is 12.7. The molecule has 0 amide bonds. The van der Waals surface area contributed by atoms with E-state index in [9.17, 15) is 19.5 Å². The van der Waals surface area contributed by atoms with Crippen LogP contribution in [0.3, 0.4) is 0 Å². The average molecular weight is 445 g/mol. The fourth-order valence-electron chi connectivity index (χ4n) is 6.36. The Morgan fingerprint density at radius 2 is 1.62 bits per heavy atom. The first-order valence-electron chi connectivity index (χ1n) is 12.5. The largest absolute Gasteiger partial charge is 0.428 e. The third-order valence-electron chi connectivity index (χ3n) is 8.06. The lowest BCUT2D eigenvalue weighted by atomic mass is 9.62. The molecule has 4 rings (SSSR count). The Balaban J connectivity index is 1.78. The van der Waals surface area contributed by atoms with Gasteiger partial charge in [-0.3, -0.25) is 4.79 Å². The van der Waals surface area contributed by atoms with Gasteiger partial charge in [0.25, 0.3) is 0 Å². The van der Waals surface area contributed by atoms with Crippen molar-refractivity contribution in [3.63, 3.8) is 0 Å². The predicted molar refractivity (Wildman–Crippen MR) is 118 cm³/mol. The van der Waals surface area contributed by atoms with E-state index in [1.165, 1.54) is 6.42 Å². The van der Waals surface area contributed by atoms with E-state index < -0.39 is 35.0 Å². The number of esters is 3. The number of fused-ring (bicyclic) bond motifs is 1. The number of hydrogen-bond donors (Lipinski definition) is 1. The first-order chi connectivity index (χ1) is 15.3. The third kappa shape index (κ3) is 3.55. The van der Waals surface area contributed by atoms with Crippen LogP contribution in [0.25, 0.3) is 0 Å². The number of hydrogen-bond acceptors (Lipinski definition) is 6. The van der Waals surface area contributed by atoms with Crippen LogP contribution in [0, 0.1) is 23.2 Å². The molecule has 1 saturated heterocycles. The Bertz CT molecular complexity index is 870. The van der Waals surface area contributed by atoms with Crippen LogP contribution in [0.15, 0.2) is 22.8 Å². The molecule has 4 bridgehead atoms. The van der Waals surface area contributed by atoms with Gasteiger partial charge in [-0.25, -0.2) is 9.59 Å². The molecule has 0 aromatic heterocycles. The molecule has 176 valence electrons. The molecule has 32 heavy (non-hydrogen) atoms. The highest BCUT2D eigenvalue weighted by molar-refractivity contribution is 6.14. The lowest BCUT2D eigenvalue weighted by Gasteiger charge is -2.44. The maximum atomic E-state index is 13.0. The van der Waals surface area contributed by atoms with Gasteiger partial charge in [-0.2, -0.15) is 0 Å². The molecular weight excluding hydrogens is 408 g/mol. The lowest BCUT2D eigenvalue weighted by Crippen LogP contribution is -2.50. The summed E-state index contributed by atoms with van der Waals surface area (Å²) in [6, 6.07) is 0. The summed E-state index contributed by atoms with van der Waals surface area (Å²) in [7, 11) is 0. The minimum absolute atomic E-state index is 0.0431. The molecule has 6 nitrogen and oxygen atoms in total. The summed E-state index contributed by atoms with van der Waals surface area (Å²) in [5, 5.41) is 11.8. The van der Waals surface area contributed by atoms with Gasteiger partial charge < -0.3 is 14.6 Å². The van der Waals surface area contributed by atoms with Crippen LogP contribution in [0.2, 0.25) is 0 Å². The quantitative estimate of drug-likeness (QED) is 0.226. The monoisotopic (exact) mass is 444 g/mol. The van der Waals surface area contributed by atoms with Crippen molar-refractivity contribution in [3.05, 3.63) is 22.8 Å². The summed E-state index contributed by atoms with van der Waals surface area (Å²) in [4.78, 5) is 38.4. The molecule has 5 atom stereocenters. The topological polar surface area (TPSA) is 89.9 Å². The lowest BCUT2D eigenvalue weighted by molar-refractivity contribution is -0.205. The van der Waals surface area contributed by atoms with E-state index in [1.54, 1.807) is 6.92 Å². The zero-order valence-corrected chi connectivity index (χ0v) is 19.6. The highest BCUT2D eigenvalue weighted by Crippen LogP contribution is 2.62. The highest BCUT2D eigenvalue weighted by atomic mass is 16.7. The number of carbonyl (C=O) groups excluding carboxylic acids is 3. The van der Waals surface area contributed by atoms with E-state index in [4.69, 9.17) is 9.47 Å². The standard InChI is InChI=1S/C26H36O6/c1-4-6-8-10-12-16-14-19-25(3)15-18-20(23(28)31-22(18)27)21(26(19,30)32-24(25)29)17(16)13-11-9-7-5-2/h14,16-17,21,30H,4-13,15H2,1-3H3. The second-order valence-corrected chi connectivity index (χ2v) is 10.2. The van der Waals surface area contributed by atoms with Crippen LogP contribution in [-0.2, 0) is 23.9 Å². The van der Waals surface area contributed by atoms with Crippen LogP contribution in [0.4, 0.5) is 0 Å². The van der Waals surface area contributed by atoms with Gasteiger partial charge in [-0.1, -0.05) is 71.3 Å². The molecule has 2 aliphatic carbocycles. The number of cyclic esters (lactones) is 2. The van der Waals surface area contributed by atoms with Crippen LogP contribution in [0.5, 0.6) is 0 Å². The van der Waals surface area contributed by atoms with Crippen LogP contribution in [-0.4, -0.2) is 28.8 Å². The minimum Gasteiger partial charge on any atom is -0.428 e. The zero-order chi connectivity index (χ0) is 23.1. The van der Waals surface area contributed by atoms with Crippen molar-refractivity contribution in [2.24, 2.45) is 23.2 Å². The number of aliphatic hydroxyl groups is 1. The van der Waals surface area contributed by atoms with Crippen molar-refractivity contribution in [2.75, 3.05) is 0 Å². The number of allylic oxidation sites excluding steroid dienone is 1. The van der Waals surface area contributed by atoms with E-state index in [2.05, 4.69) is 19.9 Å². The summed E-state index contributed by atoms with van der Waals surface area (Å²) < 4.78 is 10.7. The molecule has 0 radical (unpaired) electrons. The van der Waals surface area contributed by atoms with Gasteiger partial charge in [-0.15, -0.1) is 0 Å². The molecule has 1 fully saturated rings. The average Bonchev–Trinajstić information content (AvgIpc) is 3.09. The van der Waals surface area contributed by atoms with Crippen molar-refractivity contribution in [2.45, 2.75) is 97.2 Å². The Morgan fingerprint density at radius 3 is 2.28 bits per heavy atom. The second kappa shape index (κ2) is 8.77. The molecule has 0 spiro atoms. The molecule has 6 heteroatoms. The van der Waals surface area contributed by atoms with Gasteiger partial charge >= 0.3 is 17.9 Å². The van der Waals surface area contributed by atoms with Crippen LogP contribution >= 0.6 is 0 Å². The highest BCUT2D eigenvalue weighted by Gasteiger charge is 2.70. The van der Waals surface area contributed by atoms with Crippen molar-refractivity contribution < 1.29 is 29.0 Å². The molecule has 1 N–H and O–H groups in total. The number of carbonyl (C=O) groups is 3. The minimum atomic E-state index is -1.87.